The molecule has 0 heterocycles. The Kier molecular flexibility index (Phi) is 14.0. The van der Waals surface area contributed by atoms with Crippen molar-refractivity contribution in [3.8, 4) is 0 Å². The number of thiol groups is 1. The van der Waals surface area contributed by atoms with Crippen LogP contribution < -0.4 is 27.4 Å². The molecule has 0 radical (unpaired) electrons. The lowest BCUT2D eigenvalue weighted by Gasteiger charge is -2.25. The van der Waals surface area contributed by atoms with E-state index in [2.05, 4.69) is 28.6 Å². The number of carboxylic acid groups (broad SMARTS) is 1. The van der Waals surface area contributed by atoms with E-state index in [0.29, 0.717) is 19.4 Å². The maximum Gasteiger partial charge on any atom is 0.327 e. The largest absolute Gasteiger partial charge is 0.480 e. The lowest BCUT2D eigenvalue weighted by atomic mass is 10.0. The number of aliphatic hydroxyl groups excluding tert-OH is 1. The standard InChI is InChI=1S/C18H35N5O6S/c1-10(2)7-13(22-15(25)11(20)8-24)17(27)21-12(5-3-4-6-19)16(26)23-14(9-30)18(28)29/h10-14,24,30H,3-9,19-20H2,1-2H3,(H,21,27)(H,22,25)(H,23,26)(H,28,29). The number of carbonyl (C=O) groups excluding carboxylic acids is 3. The van der Waals surface area contributed by atoms with Gasteiger partial charge in [0, 0.05) is 5.75 Å². The number of aliphatic hydroxyl groups is 1. The zero-order valence-corrected chi connectivity index (χ0v) is 18.4. The Morgan fingerprint density at radius 1 is 0.933 bits per heavy atom. The van der Waals surface area contributed by atoms with E-state index in [1.54, 1.807) is 0 Å². The number of nitrogens with one attached hydrogen (secondary N) is 3. The Hall–Kier alpha value is -1.89. The van der Waals surface area contributed by atoms with E-state index in [4.69, 9.17) is 21.7 Å². The Bertz CT molecular complexity index is 577. The van der Waals surface area contributed by atoms with Crippen LogP contribution in [0.25, 0.3) is 0 Å². The van der Waals surface area contributed by atoms with Crippen molar-refractivity contribution in [3.05, 3.63) is 0 Å². The Balaban J connectivity index is 5.35. The van der Waals surface area contributed by atoms with Gasteiger partial charge in [0.1, 0.15) is 24.2 Å². The second-order valence-corrected chi connectivity index (χ2v) is 7.77. The lowest BCUT2D eigenvalue weighted by Crippen LogP contribution is -2.57. The molecule has 0 aromatic heterocycles. The molecule has 3 amide bonds. The highest BCUT2D eigenvalue weighted by Gasteiger charge is 2.30. The molecule has 0 fully saturated rings. The highest BCUT2D eigenvalue weighted by molar-refractivity contribution is 7.80. The molecular formula is C18H35N5O6S. The van der Waals surface area contributed by atoms with Gasteiger partial charge < -0.3 is 37.6 Å². The van der Waals surface area contributed by atoms with Crippen LogP contribution in [0.4, 0.5) is 0 Å². The van der Waals surface area contributed by atoms with Gasteiger partial charge in [0.05, 0.1) is 6.61 Å². The third kappa shape index (κ3) is 10.8. The molecule has 0 aromatic rings. The van der Waals surface area contributed by atoms with Crippen LogP contribution in [0.15, 0.2) is 0 Å². The molecule has 174 valence electrons. The van der Waals surface area contributed by atoms with Gasteiger partial charge in [0.15, 0.2) is 0 Å². The maximum atomic E-state index is 12.8. The number of amides is 3. The van der Waals surface area contributed by atoms with Crippen LogP contribution in [0.1, 0.15) is 39.5 Å². The summed E-state index contributed by atoms with van der Waals surface area (Å²) >= 11 is 3.91. The number of carbonyl (C=O) groups is 4. The fraction of sp³-hybridized carbons (Fsp3) is 0.778. The molecular weight excluding hydrogens is 414 g/mol. The van der Waals surface area contributed by atoms with Gasteiger partial charge in [-0.25, -0.2) is 4.79 Å². The molecule has 4 atom stereocenters. The Labute approximate surface area is 182 Å². The van der Waals surface area contributed by atoms with E-state index in [1.165, 1.54) is 0 Å². The first-order valence-corrected chi connectivity index (χ1v) is 10.5. The van der Waals surface area contributed by atoms with Crippen molar-refractivity contribution in [2.75, 3.05) is 18.9 Å². The summed E-state index contributed by atoms with van der Waals surface area (Å²) < 4.78 is 0. The Morgan fingerprint density at radius 3 is 1.93 bits per heavy atom. The summed E-state index contributed by atoms with van der Waals surface area (Å²) in [5, 5.41) is 25.6. The van der Waals surface area contributed by atoms with Gasteiger partial charge in [-0.2, -0.15) is 12.6 Å². The average Bonchev–Trinajstić information content (AvgIpc) is 2.69. The smallest absolute Gasteiger partial charge is 0.327 e. The SMILES string of the molecule is CC(C)CC(NC(=O)C(N)CO)C(=O)NC(CCCCN)C(=O)NC(CS)C(=O)O. The molecule has 0 aliphatic rings. The minimum absolute atomic E-state index is 0.0384. The van der Waals surface area contributed by atoms with E-state index in [9.17, 15) is 19.2 Å². The summed E-state index contributed by atoms with van der Waals surface area (Å²) in [5.74, 6) is -3.28. The second-order valence-electron chi connectivity index (χ2n) is 7.41. The summed E-state index contributed by atoms with van der Waals surface area (Å²) in [6.07, 6.45) is 1.67. The van der Waals surface area contributed by atoms with E-state index < -0.39 is 54.5 Å². The highest BCUT2D eigenvalue weighted by Crippen LogP contribution is 2.08. The highest BCUT2D eigenvalue weighted by atomic mass is 32.1. The average molecular weight is 450 g/mol. The van der Waals surface area contributed by atoms with Crippen molar-refractivity contribution in [2.24, 2.45) is 17.4 Å². The summed E-state index contributed by atoms with van der Waals surface area (Å²) in [6, 6.07) is -4.37. The van der Waals surface area contributed by atoms with Crippen LogP contribution in [-0.4, -0.2) is 77.0 Å². The lowest BCUT2D eigenvalue weighted by molar-refractivity contribution is -0.141. The molecule has 12 heteroatoms. The molecule has 0 bridgehead atoms. The van der Waals surface area contributed by atoms with Crippen molar-refractivity contribution in [3.63, 3.8) is 0 Å². The molecule has 0 rings (SSSR count). The molecule has 11 nitrogen and oxygen atoms in total. The van der Waals surface area contributed by atoms with Gasteiger partial charge in [-0.3, -0.25) is 14.4 Å². The number of carboxylic acids is 1. The quantitative estimate of drug-likeness (QED) is 0.103. The van der Waals surface area contributed by atoms with Gasteiger partial charge in [-0.15, -0.1) is 0 Å². The van der Waals surface area contributed by atoms with Crippen molar-refractivity contribution >= 4 is 36.3 Å². The van der Waals surface area contributed by atoms with Crippen molar-refractivity contribution < 1.29 is 29.4 Å². The van der Waals surface area contributed by atoms with E-state index >= 15 is 0 Å². The third-order valence-corrected chi connectivity index (χ3v) is 4.62. The predicted octanol–water partition coefficient (Wildman–Crippen LogP) is -2.05. The zero-order chi connectivity index (χ0) is 23.3. The molecule has 0 aliphatic heterocycles. The number of hydrogen-bond donors (Lipinski definition) is 8. The van der Waals surface area contributed by atoms with Crippen molar-refractivity contribution in [1.29, 1.82) is 0 Å². The summed E-state index contributed by atoms with van der Waals surface area (Å²) in [6.45, 7) is 3.54. The van der Waals surface area contributed by atoms with E-state index in [0.717, 1.165) is 0 Å². The van der Waals surface area contributed by atoms with E-state index in [-0.39, 0.29) is 24.5 Å². The topological polar surface area (TPSA) is 197 Å². The van der Waals surface area contributed by atoms with Gasteiger partial charge in [0.25, 0.3) is 0 Å². The van der Waals surface area contributed by atoms with Crippen LogP contribution in [0.2, 0.25) is 0 Å². The molecule has 0 aliphatic carbocycles. The number of hydrogen-bond acceptors (Lipinski definition) is 8. The first-order valence-electron chi connectivity index (χ1n) is 9.88. The maximum absolute atomic E-state index is 12.8. The molecule has 0 spiro atoms. The second kappa shape index (κ2) is 15.0. The first kappa shape index (κ1) is 28.1. The van der Waals surface area contributed by atoms with Crippen LogP contribution in [0, 0.1) is 5.92 Å². The van der Waals surface area contributed by atoms with Gasteiger partial charge in [-0.1, -0.05) is 13.8 Å². The molecule has 30 heavy (non-hydrogen) atoms. The van der Waals surface area contributed by atoms with Crippen LogP contribution in [-0.2, 0) is 19.2 Å². The molecule has 4 unspecified atom stereocenters. The number of nitrogens with two attached hydrogens (primary N) is 2. The minimum Gasteiger partial charge on any atom is -0.480 e. The fourth-order valence-corrected chi connectivity index (χ4v) is 2.80. The normalized spacial score (nSPS) is 15.0. The Morgan fingerprint density at radius 2 is 1.47 bits per heavy atom. The summed E-state index contributed by atoms with van der Waals surface area (Å²) in [5.41, 5.74) is 11.0. The molecule has 0 saturated heterocycles. The van der Waals surface area contributed by atoms with Crippen molar-refractivity contribution in [1.82, 2.24) is 16.0 Å². The van der Waals surface area contributed by atoms with Crippen LogP contribution >= 0.6 is 12.6 Å². The van der Waals surface area contributed by atoms with Gasteiger partial charge >= 0.3 is 5.97 Å². The summed E-state index contributed by atoms with van der Waals surface area (Å²) in [7, 11) is 0. The first-order chi connectivity index (χ1) is 14.1. The number of rotatable bonds is 15. The predicted molar refractivity (Wildman–Crippen MR) is 115 cm³/mol. The molecule has 0 saturated carbocycles. The van der Waals surface area contributed by atoms with E-state index in [1.807, 2.05) is 13.8 Å². The minimum atomic E-state index is -1.24. The van der Waals surface area contributed by atoms with Crippen LogP contribution in [0.5, 0.6) is 0 Å². The fourth-order valence-electron chi connectivity index (χ4n) is 2.56. The number of aliphatic carboxylic acids is 1. The van der Waals surface area contributed by atoms with Gasteiger partial charge in [-0.05, 0) is 38.1 Å². The van der Waals surface area contributed by atoms with Crippen molar-refractivity contribution in [2.45, 2.75) is 63.7 Å². The number of unbranched alkanes of at least 4 members (excludes halogenated alkanes) is 1. The summed E-state index contributed by atoms with van der Waals surface area (Å²) in [4.78, 5) is 48.6. The molecule has 9 N–H and O–H groups in total. The zero-order valence-electron chi connectivity index (χ0n) is 17.5. The monoisotopic (exact) mass is 449 g/mol. The molecule has 0 aromatic carbocycles. The van der Waals surface area contributed by atoms with Crippen LogP contribution in [0.3, 0.4) is 0 Å². The van der Waals surface area contributed by atoms with Gasteiger partial charge in [0.2, 0.25) is 17.7 Å². The third-order valence-electron chi connectivity index (χ3n) is 4.25.